The quantitative estimate of drug-likeness (QED) is 0.795. The minimum absolute atomic E-state index is 0.0488. The number of imidazole rings is 1. The lowest BCUT2D eigenvalue weighted by molar-refractivity contribution is 0.0553. The van der Waals surface area contributed by atoms with E-state index < -0.39 is 5.97 Å². The molecule has 0 spiro atoms. The Balaban J connectivity index is 1.97. The van der Waals surface area contributed by atoms with E-state index in [0.29, 0.717) is 11.0 Å². The Bertz CT molecular complexity index is 762. The fourth-order valence-corrected chi connectivity index (χ4v) is 3.34. The molecule has 1 saturated heterocycles. The fourth-order valence-electron chi connectivity index (χ4n) is 3.34. The van der Waals surface area contributed by atoms with Gasteiger partial charge in [0.05, 0.1) is 11.1 Å². The van der Waals surface area contributed by atoms with Crippen molar-refractivity contribution in [3.8, 4) is 0 Å². The largest absolute Gasteiger partial charge is 0.478 e. The molecule has 0 atom stereocenters. The molecule has 1 aromatic carbocycles. The van der Waals surface area contributed by atoms with Crippen LogP contribution in [0.15, 0.2) is 18.2 Å². The third kappa shape index (κ3) is 2.99. The van der Waals surface area contributed by atoms with Crippen LogP contribution in [0, 0.1) is 0 Å². The number of carboxylic acids is 1. The predicted molar refractivity (Wildman–Crippen MR) is 90.3 cm³/mol. The molecule has 0 radical (unpaired) electrons. The zero-order chi connectivity index (χ0) is 17.3. The summed E-state index contributed by atoms with van der Waals surface area (Å²) in [5, 5.41) is 12.6. The number of aromatic carboxylic acids is 1. The summed E-state index contributed by atoms with van der Waals surface area (Å²) in [5.74, 6) is -1.03. The van der Waals surface area contributed by atoms with Crippen molar-refractivity contribution in [1.82, 2.24) is 20.2 Å². The minimum Gasteiger partial charge on any atom is -0.478 e. The van der Waals surface area contributed by atoms with Crippen LogP contribution in [0.4, 0.5) is 0 Å². The lowest BCUT2D eigenvalue weighted by atomic mass is 10.0. The van der Waals surface area contributed by atoms with Crippen LogP contribution in [0.25, 0.3) is 11.0 Å². The van der Waals surface area contributed by atoms with Crippen molar-refractivity contribution in [3.05, 3.63) is 29.6 Å². The molecule has 1 aliphatic heterocycles. The van der Waals surface area contributed by atoms with Gasteiger partial charge in [0.25, 0.3) is 5.91 Å². The molecule has 7 nitrogen and oxygen atoms in total. The van der Waals surface area contributed by atoms with Crippen molar-refractivity contribution < 1.29 is 14.7 Å². The molecule has 2 aromatic rings. The Kier molecular flexibility index (Phi) is 4.53. The van der Waals surface area contributed by atoms with E-state index in [1.165, 1.54) is 6.07 Å². The highest BCUT2D eigenvalue weighted by molar-refractivity contribution is 6.03. The number of aromatic amines is 1. The molecular weight excluding hydrogens is 308 g/mol. The normalized spacial score (nSPS) is 15.8. The zero-order valence-electron chi connectivity index (χ0n) is 13.9. The van der Waals surface area contributed by atoms with Gasteiger partial charge in [0.15, 0.2) is 5.82 Å². The van der Waals surface area contributed by atoms with E-state index >= 15 is 0 Å². The molecule has 1 fully saturated rings. The number of para-hydroxylation sites is 1. The maximum atomic E-state index is 13.0. The Hall–Kier alpha value is -2.41. The van der Waals surface area contributed by atoms with Gasteiger partial charge in [-0.1, -0.05) is 6.07 Å². The van der Waals surface area contributed by atoms with Crippen molar-refractivity contribution in [2.24, 2.45) is 0 Å². The smallest absolute Gasteiger partial charge is 0.337 e. The highest BCUT2D eigenvalue weighted by Crippen LogP contribution is 2.21. The summed E-state index contributed by atoms with van der Waals surface area (Å²) in [5.41, 5.74) is 0.982. The van der Waals surface area contributed by atoms with Gasteiger partial charge >= 0.3 is 5.97 Å². The first-order valence-corrected chi connectivity index (χ1v) is 8.24. The van der Waals surface area contributed by atoms with Gasteiger partial charge in [0.2, 0.25) is 0 Å². The maximum absolute atomic E-state index is 13.0. The topological polar surface area (TPSA) is 98.3 Å². The number of carbonyl (C=O) groups is 2. The number of piperidine rings is 1. The maximum Gasteiger partial charge on any atom is 0.337 e. The van der Waals surface area contributed by atoms with Crippen LogP contribution in [0.2, 0.25) is 0 Å². The van der Waals surface area contributed by atoms with E-state index in [-0.39, 0.29) is 29.4 Å². The molecule has 0 bridgehead atoms. The molecule has 24 heavy (non-hydrogen) atoms. The summed E-state index contributed by atoms with van der Waals surface area (Å²) in [6, 6.07) is 5.09. The summed E-state index contributed by atoms with van der Waals surface area (Å²) in [6.45, 7) is 5.77. The highest BCUT2D eigenvalue weighted by atomic mass is 16.4. The first-order chi connectivity index (χ1) is 11.5. The molecule has 0 aliphatic carbocycles. The number of nitrogens with one attached hydrogen (secondary N) is 2. The van der Waals surface area contributed by atoms with E-state index in [1.54, 1.807) is 12.1 Å². The van der Waals surface area contributed by atoms with Gasteiger partial charge in [-0.15, -0.1) is 0 Å². The second-order valence-corrected chi connectivity index (χ2v) is 6.38. The van der Waals surface area contributed by atoms with Gasteiger partial charge in [-0.2, -0.15) is 0 Å². The highest BCUT2D eigenvalue weighted by Gasteiger charge is 2.30. The third-order valence-corrected chi connectivity index (χ3v) is 4.44. The molecule has 3 N–H and O–H groups in total. The number of H-pyrrole nitrogens is 1. The van der Waals surface area contributed by atoms with Crippen LogP contribution >= 0.6 is 0 Å². The van der Waals surface area contributed by atoms with Gasteiger partial charge < -0.3 is 20.3 Å². The summed E-state index contributed by atoms with van der Waals surface area (Å²) >= 11 is 0. The molecule has 1 aromatic heterocycles. The van der Waals surface area contributed by atoms with Crippen LogP contribution in [-0.2, 0) is 0 Å². The molecule has 0 unspecified atom stereocenters. The predicted octanol–water partition coefficient (Wildman–Crippen LogP) is 1.86. The second-order valence-electron chi connectivity index (χ2n) is 6.38. The number of hydrogen-bond acceptors (Lipinski definition) is 4. The monoisotopic (exact) mass is 330 g/mol. The van der Waals surface area contributed by atoms with E-state index in [4.69, 9.17) is 0 Å². The van der Waals surface area contributed by atoms with E-state index in [2.05, 4.69) is 15.3 Å². The number of aromatic nitrogens is 2. The number of hydrogen-bond donors (Lipinski definition) is 3. The molecule has 1 amide bonds. The van der Waals surface area contributed by atoms with Gasteiger partial charge in [-0.25, -0.2) is 9.78 Å². The van der Waals surface area contributed by atoms with Crippen molar-refractivity contribution in [2.75, 3.05) is 13.1 Å². The van der Waals surface area contributed by atoms with Crippen molar-refractivity contribution >= 4 is 22.9 Å². The number of carboxylic acid groups (broad SMARTS) is 1. The van der Waals surface area contributed by atoms with Crippen molar-refractivity contribution in [1.29, 1.82) is 0 Å². The van der Waals surface area contributed by atoms with Crippen LogP contribution < -0.4 is 5.32 Å². The number of rotatable bonds is 4. The van der Waals surface area contributed by atoms with Crippen molar-refractivity contribution in [3.63, 3.8) is 0 Å². The Labute approximate surface area is 140 Å². The van der Waals surface area contributed by atoms with Gasteiger partial charge in [0, 0.05) is 12.1 Å². The molecule has 128 valence electrons. The van der Waals surface area contributed by atoms with Crippen LogP contribution in [-0.4, -0.2) is 57.0 Å². The number of carbonyl (C=O) groups excluding carboxylic acids is 1. The van der Waals surface area contributed by atoms with E-state index in [9.17, 15) is 14.7 Å². The summed E-state index contributed by atoms with van der Waals surface area (Å²) in [4.78, 5) is 33.5. The second kappa shape index (κ2) is 6.60. The van der Waals surface area contributed by atoms with Gasteiger partial charge in [0.1, 0.15) is 5.52 Å². The summed E-state index contributed by atoms with van der Waals surface area (Å²) in [6.07, 6.45) is 1.81. The van der Waals surface area contributed by atoms with Crippen LogP contribution in [0.3, 0.4) is 0 Å². The molecule has 7 heteroatoms. The molecule has 1 aliphatic rings. The average Bonchev–Trinajstić information content (AvgIpc) is 2.99. The Morgan fingerprint density at radius 3 is 2.62 bits per heavy atom. The summed E-state index contributed by atoms with van der Waals surface area (Å²) in [7, 11) is 0. The number of amides is 1. The minimum atomic E-state index is -1.05. The third-order valence-electron chi connectivity index (χ3n) is 4.44. The summed E-state index contributed by atoms with van der Waals surface area (Å²) < 4.78 is 0. The van der Waals surface area contributed by atoms with E-state index in [0.717, 1.165) is 25.9 Å². The number of fused-ring (bicyclic) bond motifs is 1. The Morgan fingerprint density at radius 1 is 1.29 bits per heavy atom. The van der Waals surface area contributed by atoms with Gasteiger partial charge in [-0.3, -0.25) is 4.79 Å². The first-order valence-electron chi connectivity index (χ1n) is 8.24. The van der Waals surface area contributed by atoms with Crippen LogP contribution in [0.5, 0.6) is 0 Å². The molecular formula is C17H22N4O3. The lowest BCUT2D eigenvalue weighted by Gasteiger charge is -2.37. The lowest BCUT2D eigenvalue weighted by Crippen LogP contribution is -2.49. The standard InChI is InChI=1S/C17H22N4O3/c1-10(2)21(11-6-8-18-9-7-11)16(22)15-19-13-5-3-4-12(17(23)24)14(13)20-15/h3-5,10-11,18H,6-9H2,1-2H3,(H,19,20)(H,23,24). The fraction of sp³-hybridized carbons (Fsp3) is 0.471. The van der Waals surface area contributed by atoms with Crippen molar-refractivity contribution in [2.45, 2.75) is 38.8 Å². The average molecular weight is 330 g/mol. The number of benzene rings is 1. The Morgan fingerprint density at radius 2 is 2.00 bits per heavy atom. The SMILES string of the molecule is CC(C)N(C(=O)c1nc2c(C(=O)O)cccc2[nH]1)C1CCNCC1. The molecule has 3 rings (SSSR count). The number of nitrogens with zero attached hydrogens (tertiary/aromatic N) is 2. The molecule has 2 heterocycles. The first kappa shape index (κ1) is 16.4. The zero-order valence-corrected chi connectivity index (χ0v) is 13.9. The van der Waals surface area contributed by atoms with E-state index in [1.807, 2.05) is 18.7 Å². The van der Waals surface area contributed by atoms with Crippen LogP contribution in [0.1, 0.15) is 47.7 Å². The molecule has 0 saturated carbocycles. The van der Waals surface area contributed by atoms with Gasteiger partial charge in [-0.05, 0) is 51.9 Å².